The fraction of sp³-hybridized carbons (Fsp3) is 0.158. The summed E-state index contributed by atoms with van der Waals surface area (Å²) in [6, 6.07) is 5.47. The van der Waals surface area contributed by atoms with Gasteiger partial charge in [0.05, 0.1) is 11.1 Å². The van der Waals surface area contributed by atoms with Gasteiger partial charge in [0.2, 0.25) is 0 Å². The van der Waals surface area contributed by atoms with Crippen molar-refractivity contribution in [2.45, 2.75) is 6.04 Å². The molecule has 0 saturated carbocycles. The van der Waals surface area contributed by atoms with Crippen LogP contribution in [0.1, 0.15) is 20.7 Å². The first kappa shape index (κ1) is 22.8. The van der Waals surface area contributed by atoms with Crippen molar-refractivity contribution in [3.63, 3.8) is 0 Å². The predicted octanol–water partition coefficient (Wildman–Crippen LogP) is -0.335. The van der Waals surface area contributed by atoms with E-state index in [1.165, 1.54) is 18.2 Å². The summed E-state index contributed by atoms with van der Waals surface area (Å²) < 4.78 is 4.72. The first-order valence-corrected chi connectivity index (χ1v) is 8.61. The zero-order chi connectivity index (χ0) is 23.1. The number of benzene rings is 2. The minimum Gasteiger partial charge on any atom is -0.504 e. The van der Waals surface area contributed by atoms with E-state index in [2.05, 4.69) is 5.32 Å². The topological polar surface area (TPSA) is 203 Å². The van der Waals surface area contributed by atoms with Crippen LogP contribution in [0.2, 0.25) is 0 Å². The van der Waals surface area contributed by atoms with Gasteiger partial charge in [0, 0.05) is 0 Å². The first-order valence-electron chi connectivity index (χ1n) is 8.61. The number of phenolic OH excluding ortho intramolecular Hbond substituents is 4. The number of para-hydroxylation sites is 2. The predicted molar refractivity (Wildman–Crippen MR) is 102 cm³/mol. The van der Waals surface area contributed by atoms with Crippen molar-refractivity contribution in [3.05, 3.63) is 47.5 Å². The first-order chi connectivity index (χ1) is 14.6. The summed E-state index contributed by atoms with van der Waals surface area (Å²) in [6.07, 6.45) is 0. The van der Waals surface area contributed by atoms with E-state index in [1.807, 2.05) is 5.32 Å². The largest absolute Gasteiger partial charge is 0.504 e. The van der Waals surface area contributed by atoms with Crippen molar-refractivity contribution in [2.75, 3.05) is 13.2 Å². The highest BCUT2D eigenvalue weighted by Gasteiger charge is 2.25. The quantitative estimate of drug-likeness (QED) is 0.213. The Hall–Kier alpha value is -4.48. The van der Waals surface area contributed by atoms with Crippen molar-refractivity contribution in [1.82, 2.24) is 10.6 Å². The lowest BCUT2D eigenvalue weighted by Crippen LogP contribution is -2.45. The molecule has 1 atom stereocenters. The summed E-state index contributed by atoms with van der Waals surface area (Å²) >= 11 is 0. The maximum Gasteiger partial charge on any atom is 0.329 e. The van der Waals surface area contributed by atoms with Gasteiger partial charge in [0.15, 0.2) is 29.0 Å². The molecule has 0 unspecified atom stereocenters. The number of carboxylic acid groups (broad SMARTS) is 1. The molecule has 0 aliphatic heterocycles. The average Bonchev–Trinajstić information content (AvgIpc) is 2.72. The number of esters is 1. The van der Waals surface area contributed by atoms with Crippen LogP contribution in [0.25, 0.3) is 0 Å². The van der Waals surface area contributed by atoms with E-state index >= 15 is 0 Å². The number of ether oxygens (including phenoxy) is 1. The molecule has 0 spiro atoms. The second-order valence-electron chi connectivity index (χ2n) is 6.08. The number of aliphatic carboxylic acids is 1. The van der Waals surface area contributed by atoms with Gasteiger partial charge in [-0.25, -0.2) is 4.79 Å². The number of hydrogen-bond acceptors (Lipinski definition) is 9. The van der Waals surface area contributed by atoms with Crippen LogP contribution >= 0.6 is 0 Å². The number of rotatable bonds is 8. The van der Waals surface area contributed by atoms with Crippen molar-refractivity contribution >= 4 is 23.8 Å². The molecule has 0 aromatic heterocycles. The Balaban J connectivity index is 1.91. The molecule has 0 aliphatic rings. The summed E-state index contributed by atoms with van der Waals surface area (Å²) in [7, 11) is 0. The van der Waals surface area contributed by atoms with E-state index in [0.717, 1.165) is 18.2 Å². The molecule has 12 heteroatoms. The number of carbonyl (C=O) groups excluding carboxylic acids is 3. The molecule has 0 aliphatic carbocycles. The molecule has 0 fully saturated rings. The SMILES string of the molecule is O=C(CNC(=O)c1cccc(O)c1O)OC[C@H](NC(=O)c1cccc(O)c1O)C(=O)O. The summed E-state index contributed by atoms with van der Waals surface area (Å²) in [5, 5.41) is 51.4. The molecule has 0 heterocycles. The van der Waals surface area contributed by atoms with Gasteiger partial charge >= 0.3 is 11.9 Å². The minimum atomic E-state index is -1.69. The van der Waals surface area contributed by atoms with Gasteiger partial charge in [0.1, 0.15) is 13.2 Å². The summed E-state index contributed by atoms with van der Waals surface area (Å²) in [6.45, 7) is -1.49. The van der Waals surface area contributed by atoms with Crippen LogP contribution in [0.15, 0.2) is 36.4 Å². The second-order valence-corrected chi connectivity index (χ2v) is 6.08. The van der Waals surface area contributed by atoms with E-state index < -0.39 is 71.5 Å². The maximum atomic E-state index is 12.1. The third-order valence-electron chi connectivity index (χ3n) is 3.93. The van der Waals surface area contributed by atoms with Crippen molar-refractivity contribution < 1.29 is 49.4 Å². The number of carboxylic acids is 1. The highest BCUT2D eigenvalue weighted by molar-refractivity contribution is 6.00. The monoisotopic (exact) mass is 434 g/mol. The van der Waals surface area contributed by atoms with E-state index in [0.29, 0.717) is 0 Å². The molecule has 7 N–H and O–H groups in total. The number of carbonyl (C=O) groups is 4. The number of hydrogen-bond donors (Lipinski definition) is 7. The molecule has 0 bridgehead atoms. The molecular formula is C19H18N2O10. The van der Waals surface area contributed by atoms with E-state index in [9.17, 15) is 44.7 Å². The van der Waals surface area contributed by atoms with Crippen LogP contribution < -0.4 is 10.6 Å². The summed E-state index contributed by atoms with van der Waals surface area (Å²) in [5.41, 5.74) is -0.690. The maximum absolute atomic E-state index is 12.1. The van der Waals surface area contributed by atoms with Gasteiger partial charge < -0.3 is 40.9 Å². The van der Waals surface area contributed by atoms with E-state index in [1.54, 1.807) is 0 Å². The smallest absolute Gasteiger partial charge is 0.329 e. The van der Waals surface area contributed by atoms with Gasteiger partial charge in [-0.15, -0.1) is 0 Å². The molecule has 164 valence electrons. The normalized spacial score (nSPS) is 11.2. The Morgan fingerprint density at radius 1 is 0.839 bits per heavy atom. The lowest BCUT2D eigenvalue weighted by atomic mass is 10.1. The Labute approximate surface area is 174 Å². The van der Waals surface area contributed by atoms with Crippen molar-refractivity contribution in [3.8, 4) is 23.0 Å². The van der Waals surface area contributed by atoms with Gasteiger partial charge in [-0.1, -0.05) is 12.1 Å². The average molecular weight is 434 g/mol. The fourth-order valence-corrected chi connectivity index (χ4v) is 2.31. The summed E-state index contributed by atoms with van der Waals surface area (Å²) in [4.78, 5) is 47.2. The fourth-order valence-electron chi connectivity index (χ4n) is 2.31. The van der Waals surface area contributed by atoms with Crippen LogP contribution in [0, 0.1) is 0 Å². The molecule has 31 heavy (non-hydrogen) atoms. The molecule has 12 nitrogen and oxygen atoms in total. The Morgan fingerprint density at radius 3 is 1.87 bits per heavy atom. The Morgan fingerprint density at radius 2 is 1.35 bits per heavy atom. The standard InChI is InChI=1S/C19H18N2O10/c22-12-5-1-3-9(15(12)25)17(27)20-7-14(24)31-8-11(19(29)30)21-18(28)10-4-2-6-13(23)16(10)26/h1-6,11,22-23,25-26H,7-8H2,(H,20,27)(H,21,28)(H,29,30)/t11-/m0/s1. The lowest BCUT2D eigenvalue weighted by molar-refractivity contribution is -0.147. The van der Waals surface area contributed by atoms with Crippen molar-refractivity contribution in [1.29, 1.82) is 0 Å². The third-order valence-corrected chi connectivity index (χ3v) is 3.93. The lowest BCUT2D eigenvalue weighted by Gasteiger charge is -2.15. The highest BCUT2D eigenvalue weighted by Crippen LogP contribution is 2.28. The van der Waals surface area contributed by atoms with E-state index in [4.69, 9.17) is 4.74 Å². The molecule has 0 saturated heterocycles. The zero-order valence-electron chi connectivity index (χ0n) is 15.7. The molecule has 2 aromatic rings. The van der Waals surface area contributed by atoms with Crippen LogP contribution in [0.3, 0.4) is 0 Å². The van der Waals surface area contributed by atoms with Crippen LogP contribution in [0.4, 0.5) is 0 Å². The van der Waals surface area contributed by atoms with Crippen molar-refractivity contribution in [2.24, 2.45) is 0 Å². The second kappa shape index (κ2) is 9.82. The van der Waals surface area contributed by atoms with Crippen LogP contribution in [-0.2, 0) is 14.3 Å². The van der Waals surface area contributed by atoms with E-state index in [-0.39, 0.29) is 5.56 Å². The molecule has 0 radical (unpaired) electrons. The molecular weight excluding hydrogens is 416 g/mol. The number of nitrogens with one attached hydrogen (secondary N) is 2. The molecule has 2 aromatic carbocycles. The zero-order valence-corrected chi connectivity index (χ0v) is 15.7. The number of aromatic hydroxyl groups is 4. The number of amides is 2. The number of phenols is 4. The molecule has 2 rings (SSSR count). The third kappa shape index (κ3) is 5.76. The van der Waals surface area contributed by atoms with Gasteiger partial charge in [-0.05, 0) is 24.3 Å². The van der Waals surface area contributed by atoms with Gasteiger partial charge in [-0.2, -0.15) is 0 Å². The summed E-state index contributed by atoms with van der Waals surface area (Å²) in [5.74, 6) is -7.08. The Kier molecular flexibility index (Phi) is 7.23. The molecule has 2 amide bonds. The minimum absolute atomic E-state index is 0.297. The highest BCUT2D eigenvalue weighted by atomic mass is 16.5. The van der Waals surface area contributed by atoms with Gasteiger partial charge in [0.25, 0.3) is 11.8 Å². The van der Waals surface area contributed by atoms with Crippen LogP contribution in [-0.4, -0.2) is 68.5 Å². The van der Waals surface area contributed by atoms with Gasteiger partial charge in [-0.3, -0.25) is 14.4 Å². The van der Waals surface area contributed by atoms with Crippen LogP contribution in [0.5, 0.6) is 23.0 Å². The Bertz CT molecular complexity index is 1020.